The summed E-state index contributed by atoms with van der Waals surface area (Å²) in [5.74, 6) is -1.38. The second-order valence-electron chi connectivity index (χ2n) is 5.90. The quantitative estimate of drug-likeness (QED) is 0.909. The molecule has 0 aromatic heterocycles. The molecule has 0 unspecified atom stereocenters. The van der Waals surface area contributed by atoms with Gasteiger partial charge in [-0.25, -0.2) is 4.39 Å². The third-order valence-electron chi connectivity index (χ3n) is 4.27. The lowest BCUT2D eigenvalue weighted by Crippen LogP contribution is -2.16. The van der Waals surface area contributed by atoms with Crippen LogP contribution in [-0.4, -0.2) is 11.8 Å². The Balaban J connectivity index is 2.24. The lowest BCUT2D eigenvalue weighted by Gasteiger charge is -2.17. The van der Waals surface area contributed by atoms with Gasteiger partial charge in [-0.15, -0.1) is 0 Å². The summed E-state index contributed by atoms with van der Waals surface area (Å²) in [6.45, 7) is 1.68. The van der Waals surface area contributed by atoms with Crippen LogP contribution in [0.1, 0.15) is 50.6 Å². The molecule has 2 amide bonds. The normalized spacial score (nSPS) is 13.8. The molecular formula is C18H17FN2O2. The molecule has 0 heterocycles. The van der Waals surface area contributed by atoms with Crippen molar-refractivity contribution in [3.63, 3.8) is 0 Å². The minimum atomic E-state index is -0.624. The van der Waals surface area contributed by atoms with E-state index in [0.717, 1.165) is 24.0 Å². The second-order valence-corrected chi connectivity index (χ2v) is 5.90. The van der Waals surface area contributed by atoms with Gasteiger partial charge in [0.05, 0.1) is 0 Å². The van der Waals surface area contributed by atoms with Crippen LogP contribution in [-0.2, 0) is 0 Å². The van der Waals surface area contributed by atoms with Crippen LogP contribution < -0.4 is 11.5 Å². The van der Waals surface area contributed by atoms with Crippen molar-refractivity contribution in [3.8, 4) is 11.1 Å². The van der Waals surface area contributed by atoms with Gasteiger partial charge in [-0.1, -0.05) is 12.1 Å². The molecule has 0 bridgehead atoms. The number of nitrogens with two attached hydrogens (primary N) is 2. The van der Waals surface area contributed by atoms with Gasteiger partial charge in [0.15, 0.2) is 0 Å². The Hall–Kier alpha value is -2.69. The van der Waals surface area contributed by atoms with Crippen LogP contribution in [0.15, 0.2) is 30.3 Å². The molecule has 4 nitrogen and oxygen atoms in total. The van der Waals surface area contributed by atoms with Gasteiger partial charge in [-0.3, -0.25) is 9.59 Å². The monoisotopic (exact) mass is 312 g/mol. The number of amides is 2. The number of halogens is 1. The fourth-order valence-corrected chi connectivity index (χ4v) is 2.94. The second kappa shape index (κ2) is 5.50. The number of primary amides is 2. The minimum Gasteiger partial charge on any atom is -0.366 e. The van der Waals surface area contributed by atoms with Crippen LogP contribution in [0.3, 0.4) is 0 Å². The average molecular weight is 312 g/mol. The number of carbonyl (C=O) groups is 2. The van der Waals surface area contributed by atoms with Gasteiger partial charge in [0, 0.05) is 11.1 Å². The zero-order valence-electron chi connectivity index (χ0n) is 12.7. The largest absolute Gasteiger partial charge is 0.366 e. The molecule has 1 aliphatic rings. The first-order valence-electron chi connectivity index (χ1n) is 7.43. The highest BCUT2D eigenvalue weighted by atomic mass is 19.1. The smallest absolute Gasteiger partial charge is 0.249 e. The molecular weight excluding hydrogens is 295 g/mol. The lowest BCUT2D eigenvalue weighted by molar-refractivity contribution is 0.0991. The molecule has 23 heavy (non-hydrogen) atoms. The van der Waals surface area contributed by atoms with Crippen molar-refractivity contribution in [3.05, 3.63) is 58.4 Å². The summed E-state index contributed by atoms with van der Waals surface area (Å²) >= 11 is 0. The van der Waals surface area contributed by atoms with E-state index in [1.807, 2.05) is 0 Å². The molecule has 1 aliphatic carbocycles. The molecule has 3 rings (SSSR count). The van der Waals surface area contributed by atoms with Crippen LogP contribution >= 0.6 is 0 Å². The van der Waals surface area contributed by atoms with Crippen LogP contribution in [0.25, 0.3) is 11.1 Å². The Morgan fingerprint density at radius 1 is 1.09 bits per heavy atom. The standard InChI is InChI=1S/C18H17FN2O2/c1-9-14(19)8-13(18(21)23)16(11-2-3-11)15(9)10-4-6-12(7-5-10)17(20)22/h4-8,11H,2-3H2,1H3,(H2,20,22)(H2,21,23). The first-order valence-corrected chi connectivity index (χ1v) is 7.43. The average Bonchev–Trinajstić information content (AvgIpc) is 3.34. The summed E-state index contributed by atoms with van der Waals surface area (Å²) in [5, 5.41) is 0. The third-order valence-corrected chi connectivity index (χ3v) is 4.27. The van der Waals surface area contributed by atoms with Crippen molar-refractivity contribution in [2.24, 2.45) is 11.5 Å². The van der Waals surface area contributed by atoms with Gasteiger partial charge in [-0.05, 0) is 66.1 Å². The molecule has 0 saturated heterocycles. The highest BCUT2D eigenvalue weighted by molar-refractivity contribution is 5.98. The van der Waals surface area contributed by atoms with Crippen molar-refractivity contribution < 1.29 is 14.0 Å². The van der Waals surface area contributed by atoms with E-state index in [9.17, 15) is 14.0 Å². The number of rotatable bonds is 4. The van der Waals surface area contributed by atoms with E-state index < -0.39 is 17.6 Å². The summed E-state index contributed by atoms with van der Waals surface area (Å²) in [4.78, 5) is 22.9. The maximum absolute atomic E-state index is 14.3. The molecule has 0 spiro atoms. The molecule has 0 radical (unpaired) electrons. The predicted molar refractivity (Wildman–Crippen MR) is 85.6 cm³/mol. The zero-order chi connectivity index (χ0) is 16.7. The van der Waals surface area contributed by atoms with Gasteiger partial charge in [0.2, 0.25) is 11.8 Å². The van der Waals surface area contributed by atoms with Crippen LogP contribution in [0.4, 0.5) is 4.39 Å². The zero-order valence-corrected chi connectivity index (χ0v) is 12.7. The highest BCUT2D eigenvalue weighted by Crippen LogP contribution is 2.47. The fourth-order valence-electron chi connectivity index (χ4n) is 2.94. The minimum absolute atomic E-state index is 0.225. The Bertz CT molecular complexity index is 809. The van der Waals surface area contributed by atoms with Gasteiger partial charge in [0.1, 0.15) is 5.82 Å². The van der Waals surface area contributed by atoms with E-state index in [1.54, 1.807) is 31.2 Å². The van der Waals surface area contributed by atoms with E-state index in [4.69, 9.17) is 11.5 Å². The molecule has 1 saturated carbocycles. The summed E-state index contributed by atoms with van der Waals surface area (Å²) in [7, 11) is 0. The maximum Gasteiger partial charge on any atom is 0.249 e. The van der Waals surface area contributed by atoms with Crippen molar-refractivity contribution in [1.82, 2.24) is 0 Å². The molecule has 0 atom stereocenters. The Morgan fingerprint density at radius 3 is 2.17 bits per heavy atom. The predicted octanol–water partition coefficient (Wildman–Crippen LogP) is 2.88. The van der Waals surface area contributed by atoms with Crippen LogP contribution in [0.2, 0.25) is 0 Å². The molecule has 118 valence electrons. The Labute approximate surface area is 133 Å². The van der Waals surface area contributed by atoms with Gasteiger partial charge in [0.25, 0.3) is 0 Å². The molecule has 0 aliphatic heterocycles. The summed E-state index contributed by atoms with van der Waals surface area (Å²) < 4.78 is 14.3. The summed E-state index contributed by atoms with van der Waals surface area (Å²) in [6, 6.07) is 7.87. The van der Waals surface area contributed by atoms with E-state index in [0.29, 0.717) is 16.7 Å². The van der Waals surface area contributed by atoms with Crippen LogP contribution in [0.5, 0.6) is 0 Å². The molecule has 2 aromatic rings. The number of hydrogen-bond acceptors (Lipinski definition) is 2. The molecule has 4 N–H and O–H groups in total. The third kappa shape index (κ3) is 2.70. The lowest BCUT2D eigenvalue weighted by atomic mass is 9.88. The number of carbonyl (C=O) groups excluding carboxylic acids is 2. The fraction of sp³-hybridized carbons (Fsp3) is 0.222. The highest BCUT2D eigenvalue weighted by Gasteiger charge is 2.32. The number of hydrogen-bond donors (Lipinski definition) is 2. The first-order chi connectivity index (χ1) is 10.9. The number of benzene rings is 2. The summed E-state index contributed by atoms with van der Waals surface area (Å²) in [6.07, 6.45) is 1.91. The van der Waals surface area contributed by atoms with Crippen molar-refractivity contribution in [1.29, 1.82) is 0 Å². The Kier molecular flexibility index (Phi) is 3.64. The van der Waals surface area contributed by atoms with Gasteiger partial charge < -0.3 is 11.5 Å². The van der Waals surface area contributed by atoms with E-state index >= 15 is 0 Å². The van der Waals surface area contributed by atoms with E-state index in [-0.39, 0.29) is 11.5 Å². The van der Waals surface area contributed by atoms with Gasteiger partial charge in [-0.2, -0.15) is 0 Å². The van der Waals surface area contributed by atoms with Crippen molar-refractivity contribution >= 4 is 11.8 Å². The van der Waals surface area contributed by atoms with Crippen molar-refractivity contribution in [2.45, 2.75) is 25.7 Å². The molecule has 2 aromatic carbocycles. The maximum atomic E-state index is 14.3. The van der Waals surface area contributed by atoms with Gasteiger partial charge >= 0.3 is 0 Å². The molecule has 5 heteroatoms. The SMILES string of the molecule is Cc1c(F)cc(C(N)=O)c(C2CC2)c1-c1ccc(C(N)=O)cc1. The van der Waals surface area contributed by atoms with E-state index in [2.05, 4.69) is 0 Å². The first kappa shape index (κ1) is 15.2. The summed E-state index contributed by atoms with van der Waals surface area (Å²) in [5.41, 5.74) is 14.0. The van der Waals surface area contributed by atoms with E-state index in [1.165, 1.54) is 6.07 Å². The molecule has 1 fully saturated rings. The van der Waals surface area contributed by atoms with Crippen LogP contribution in [0, 0.1) is 12.7 Å². The topological polar surface area (TPSA) is 86.2 Å². The Morgan fingerprint density at radius 2 is 1.70 bits per heavy atom. The van der Waals surface area contributed by atoms with Crippen molar-refractivity contribution in [2.75, 3.05) is 0 Å².